The molecule has 1 amide bonds. The molecule has 1 atom stereocenters. The van der Waals surface area contributed by atoms with Gasteiger partial charge in [-0.1, -0.05) is 46.3 Å². The lowest BCUT2D eigenvalue weighted by atomic mass is 10.0. The number of aromatic nitrogens is 2. The summed E-state index contributed by atoms with van der Waals surface area (Å²) >= 11 is 3.55. The van der Waals surface area contributed by atoms with Gasteiger partial charge in [-0.2, -0.15) is 0 Å². The van der Waals surface area contributed by atoms with Crippen molar-refractivity contribution < 1.29 is 9.59 Å². The maximum Gasteiger partial charge on any atom is 0.290 e. The number of H-pyrrole nitrogens is 1. The molecular weight excluding hydrogens is 444 g/mol. The predicted molar refractivity (Wildman–Crippen MR) is 119 cm³/mol. The number of amides is 1. The highest BCUT2D eigenvalue weighted by molar-refractivity contribution is 9.10. The van der Waals surface area contributed by atoms with Gasteiger partial charge in [-0.05, 0) is 35.7 Å². The van der Waals surface area contributed by atoms with E-state index in [0.717, 1.165) is 27.0 Å². The summed E-state index contributed by atoms with van der Waals surface area (Å²) in [5.74, 6) is -0.878. The number of fused-ring (bicyclic) bond motifs is 1. The third kappa shape index (κ3) is 4.46. The van der Waals surface area contributed by atoms with E-state index in [1.165, 1.54) is 6.92 Å². The van der Waals surface area contributed by atoms with E-state index >= 15 is 0 Å². The molecule has 154 valence electrons. The second kappa shape index (κ2) is 8.83. The number of nitrogens with one attached hydrogen (secondary N) is 1. The second-order valence-electron chi connectivity index (χ2n) is 7.56. The van der Waals surface area contributed by atoms with Crippen molar-refractivity contribution in [3.63, 3.8) is 0 Å². The van der Waals surface area contributed by atoms with Gasteiger partial charge in [0.25, 0.3) is 5.91 Å². The topological polar surface area (TPSA) is 69.3 Å². The molecule has 0 saturated heterocycles. The van der Waals surface area contributed by atoms with Crippen LogP contribution in [0.5, 0.6) is 0 Å². The summed E-state index contributed by atoms with van der Waals surface area (Å²) in [4.78, 5) is 36.2. The first-order valence-electron chi connectivity index (χ1n) is 9.87. The zero-order valence-corrected chi connectivity index (χ0v) is 18.3. The van der Waals surface area contributed by atoms with E-state index in [4.69, 9.17) is 0 Å². The molecule has 0 fully saturated rings. The van der Waals surface area contributed by atoms with E-state index in [-0.39, 0.29) is 6.04 Å². The van der Waals surface area contributed by atoms with Gasteiger partial charge in [0.2, 0.25) is 5.78 Å². The van der Waals surface area contributed by atoms with Crippen LogP contribution in [-0.4, -0.2) is 39.1 Å². The Kier molecular flexibility index (Phi) is 5.99. The van der Waals surface area contributed by atoms with Crippen LogP contribution in [0.15, 0.2) is 65.5 Å². The van der Waals surface area contributed by atoms with Crippen LogP contribution in [0.25, 0.3) is 0 Å². The molecule has 0 unspecified atom stereocenters. The minimum atomic E-state index is -0.440. The normalized spacial score (nSPS) is 16.1. The molecule has 1 N–H and O–H groups in total. The number of halogens is 1. The Bertz CT molecular complexity index is 1040. The fraction of sp³-hybridized carbons (Fsp3) is 0.261. The van der Waals surface area contributed by atoms with Crippen molar-refractivity contribution in [2.45, 2.75) is 32.5 Å². The molecule has 0 radical (unpaired) electrons. The van der Waals surface area contributed by atoms with E-state index in [1.807, 2.05) is 36.5 Å². The summed E-state index contributed by atoms with van der Waals surface area (Å²) in [5, 5.41) is 0. The van der Waals surface area contributed by atoms with Gasteiger partial charge in [-0.25, -0.2) is 4.98 Å². The van der Waals surface area contributed by atoms with Gasteiger partial charge < -0.3 is 14.8 Å². The quantitative estimate of drug-likeness (QED) is 0.581. The fourth-order valence-corrected chi connectivity index (χ4v) is 4.39. The van der Waals surface area contributed by atoms with E-state index in [0.29, 0.717) is 26.1 Å². The SMILES string of the molecule is CC(=O)C(=O)N1Cc2cc(Br)ccc2N(Cc2cnc[nH]2)C[C@H]1Cc1ccccc1. The van der Waals surface area contributed by atoms with Crippen molar-refractivity contribution >= 4 is 33.3 Å². The third-order valence-electron chi connectivity index (χ3n) is 5.39. The molecule has 1 aromatic heterocycles. The number of anilines is 1. The number of benzene rings is 2. The second-order valence-corrected chi connectivity index (χ2v) is 8.48. The number of hydrogen-bond donors (Lipinski definition) is 1. The molecule has 4 rings (SSSR count). The van der Waals surface area contributed by atoms with E-state index in [2.05, 4.69) is 49.0 Å². The van der Waals surface area contributed by atoms with Crippen LogP contribution in [0, 0.1) is 0 Å². The molecule has 1 aliphatic rings. The van der Waals surface area contributed by atoms with E-state index in [9.17, 15) is 9.59 Å². The number of carbonyl (C=O) groups is 2. The molecule has 2 aromatic carbocycles. The van der Waals surface area contributed by atoms with Crippen molar-refractivity contribution in [1.29, 1.82) is 0 Å². The third-order valence-corrected chi connectivity index (χ3v) is 5.88. The lowest BCUT2D eigenvalue weighted by molar-refractivity contribution is -0.145. The highest BCUT2D eigenvalue weighted by Crippen LogP contribution is 2.32. The molecule has 0 aliphatic carbocycles. The average molecular weight is 467 g/mol. The van der Waals surface area contributed by atoms with Crippen molar-refractivity contribution in [3.05, 3.63) is 82.3 Å². The van der Waals surface area contributed by atoms with Crippen molar-refractivity contribution in [3.8, 4) is 0 Å². The number of nitrogens with zero attached hydrogens (tertiary/aromatic N) is 3. The summed E-state index contributed by atoms with van der Waals surface area (Å²) in [5.41, 5.74) is 4.20. The van der Waals surface area contributed by atoms with Gasteiger partial charge >= 0.3 is 0 Å². The molecule has 0 spiro atoms. The maximum atomic E-state index is 12.9. The average Bonchev–Trinajstić information content (AvgIpc) is 3.19. The standard InChI is InChI=1S/C23H23BrN4O2/c1-16(29)23(30)28-12-18-10-19(24)7-8-22(18)27(13-20-11-25-15-26-20)14-21(28)9-17-5-3-2-4-6-17/h2-8,10-11,15,21H,9,12-14H2,1H3,(H,25,26)/t21-/m1/s1. The highest BCUT2D eigenvalue weighted by atomic mass is 79.9. The molecule has 0 bridgehead atoms. The minimum absolute atomic E-state index is 0.141. The highest BCUT2D eigenvalue weighted by Gasteiger charge is 2.33. The van der Waals surface area contributed by atoms with Gasteiger partial charge in [0, 0.05) is 36.4 Å². The largest absolute Gasteiger partial charge is 0.363 e. The zero-order valence-electron chi connectivity index (χ0n) is 16.7. The Hall–Kier alpha value is -2.93. The molecule has 1 aliphatic heterocycles. The van der Waals surface area contributed by atoms with E-state index < -0.39 is 11.7 Å². The minimum Gasteiger partial charge on any atom is -0.363 e. The number of imidazole rings is 1. The summed E-state index contributed by atoms with van der Waals surface area (Å²) in [6.07, 6.45) is 4.16. The Balaban J connectivity index is 1.74. The van der Waals surface area contributed by atoms with Gasteiger partial charge in [0.15, 0.2) is 0 Å². The number of rotatable bonds is 5. The number of Topliss-reactive ketones (excluding diaryl/α,β-unsaturated/α-hetero) is 1. The summed E-state index contributed by atoms with van der Waals surface area (Å²) < 4.78 is 0.944. The Labute approximate surface area is 184 Å². The van der Waals surface area contributed by atoms with Gasteiger partial charge in [0.05, 0.1) is 24.6 Å². The van der Waals surface area contributed by atoms with Crippen molar-refractivity contribution in [1.82, 2.24) is 14.9 Å². The first-order chi connectivity index (χ1) is 14.5. The fourth-order valence-electron chi connectivity index (χ4n) is 3.98. The van der Waals surface area contributed by atoms with Crippen LogP contribution in [0.1, 0.15) is 23.7 Å². The van der Waals surface area contributed by atoms with Crippen LogP contribution in [0.3, 0.4) is 0 Å². The van der Waals surface area contributed by atoms with E-state index in [1.54, 1.807) is 11.2 Å². The first kappa shape index (κ1) is 20.3. The maximum absolute atomic E-state index is 12.9. The van der Waals surface area contributed by atoms with Gasteiger partial charge in [-0.3, -0.25) is 9.59 Å². The summed E-state index contributed by atoms with van der Waals surface area (Å²) in [6.45, 7) is 2.99. The molecule has 7 heteroatoms. The molecular formula is C23H23BrN4O2. The van der Waals surface area contributed by atoms with Crippen molar-refractivity contribution in [2.75, 3.05) is 11.4 Å². The lowest BCUT2D eigenvalue weighted by Gasteiger charge is -2.32. The molecule has 2 heterocycles. The summed E-state index contributed by atoms with van der Waals surface area (Å²) in [7, 11) is 0. The van der Waals surface area contributed by atoms with Gasteiger partial charge in [0.1, 0.15) is 0 Å². The molecule has 3 aromatic rings. The van der Waals surface area contributed by atoms with Crippen LogP contribution >= 0.6 is 15.9 Å². The van der Waals surface area contributed by atoms with Gasteiger partial charge in [-0.15, -0.1) is 0 Å². The van der Waals surface area contributed by atoms with Crippen molar-refractivity contribution in [2.24, 2.45) is 0 Å². The van der Waals surface area contributed by atoms with Crippen LogP contribution < -0.4 is 4.90 Å². The number of ketones is 1. The predicted octanol–water partition coefficient (Wildman–Crippen LogP) is 3.72. The molecule has 30 heavy (non-hydrogen) atoms. The van der Waals surface area contributed by atoms with Crippen LogP contribution in [0.2, 0.25) is 0 Å². The number of aromatic amines is 1. The number of hydrogen-bond acceptors (Lipinski definition) is 4. The molecule has 6 nitrogen and oxygen atoms in total. The lowest BCUT2D eigenvalue weighted by Crippen LogP contribution is -2.47. The monoisotopic (exact) mass is 466 g/mol. The number of carbonyl (C=O) groups excluding carboxylic acids is 2. The Morgan fingerprint density at radius 2 is 2.00 bits per heavy atom. The van der Waals surface area contributed by atoms with Crippen LogP contribution in [-0.2, 0) is 29.1 Å². The summed E-state index contributed by atoms with van der Waals surface area (Å²) in [6, 6.07) is 16.1. The molecule has 0 saturated carbocycles. The first-order valence-corrected chi connectivity index (χ1v) is 10.7. The Morgan fingerprint density at radius 3 is 2.70 bits per heavy atom. The van der Waals surface area contributed by atoms with Crippen LogP contribution in [0.4, 0.5) is 5.69 Å². The Morgan fingerprint density at radius 1 is 1.20 bits per heavy atom. The smallest absolute Gasteiger partial charge is 0.290 e. The zero-order chi connectivity index (χ0) is 21.1.